The van der Waals surface area contributed by atoms with Gasteiger partial charge >= 0.3 is 0 Å². The number of rotatable bonds is 6. The largest absolute Gasteiger partial charge is 0.395 e. The molecule has 0 aliphatic heterocycles. The Bertz CT molecular complexity index is 360. The Morgan fingerprint density at radius 1 is 1.53 bits per heavy atom. The Kier molecular flexibility index (Phi) is 6.48. The van der Waals surface area contributed by atoms with Crippen molar-refractivity contribution in [1.82, 2.24) is 5.32 Å². The van der Waals surface area contributed by atoms with Crippen LogP contribution in [-0.2, 0) is 6.54 Å². The summed E-state index contributed by atoms with van der Waals surface area (Å²) in [5.74, 6) is -0.244. The van der Waals surface area contributed by atoms with E-state index in [0.29, 0.717) is 6.54 Å². The summed E-state index contributed by atoms with van der Waals surface area (Å²) < 4.78 is 13.7. The van der Waals surface area contributed by atoms with Crippen LogP contribution < -0.4 is 5.32 Å². The summed E-state index contributed by atoms with van der Waals surface area (Å²) in [5, 5.41) is 12.7. The van der Waals surface area contributed by atoms with E-state index < -0.39 is 0 Å². The molecular weight excluding hydrogens is 305 g/mol. The molecule has 1 rings (SSSR count). The lowest BCUT2D eigenvalue weighted by atomic mass is 10.2. The van der Waals surface area contributed by atoms with Gasteiger partial charge in [-0.05, 0) is 30.9 Å². The number of aliphatic hydroxyl groups excluding tert-OH is 1. The van der Waals surface area contributed by atoms with E-state index in [2.05, 4.69) is 21.2 Å². The normalized spacial score (nSPS) is 14.6. The minimum Gasteiger partial charge on any atom is -0.395 e. The van der Waals surface area contributed by atoms with E-state index >= 15 is 0 Å². The van der Waals surface area contributed by atoms with Crippen LogP contribution in [0, 0.1) is 5.82 Å². The second-order valence-electron chi connectivity index (χ2n) is 3.86. The molecule has 5 heteroatoms. The lowest BCUT2D eigenvalue weighted by molar-refractivity contribution is 0.276. The van der Waals surface area contributed by atoms with Crippen molar-refractivity contribution >= 4 is 27.7 Å². The van der Waals surface area contributed by atoms with Crippen molar-refractivity contribution < 1.29 is 9.50 Å². The van der Waals surface area contributed by atoms with Crippen LogP contribution in [0.25, 0.3) is 0 Å². The highest BCUT2D eigenvalue weighted by Gasteiger charge is 2.14. The van der Waals surface area contributed by atoms with Gasteiger partial charge in [-0.2, -0.15) is 11.8 Å². The number of benzene rings is 1. The van der Waals surface area contributed by atoms with Crippen molar-refractivity contribution in [3.05, 3.63) is 34.1 Å². The first-order valence-corrected chi connectivity index (χ1v) is 7.47. The predicted octanol–water partition coefficient (Wildman–Crippen LogP) is 2.79. The zero-order valence-corrected chi connectivity index (χ0v) is 12.3. The van der Waals surface area contributed by atoms with Crippen LogP contribution in [0.3, 0.4) is 0 Å². The maximum atomic E-state index is 12.9. The summed E-state index contributed by atoms with van der Waals surface area (Å²) in [6.45, 7) is 2.84. The van der Waals surface area contributed by atoms with Gasteiger partial charge in [0.25, 0.3) is 0 Å². The predicted molar refractivity (Wildman–Crippen MR) is 74.8 cm³/mol. The van der Waals surface area contributed by atoms with Crippen molar-refractivity contribution in [2.75, 3.05) is 12.9 Å². The molecule has 1 aromatic rings. The maximum Gasteiger partial charge on any atom is 0.124 e. The number of hydrogen-bond acceptors (Lipinski definition) is 3. The van der Waals surface area contributed by atoms with E-state index in [1.807, 2.05) is 13.2 Å². The fourth-order valence-corrected chi connectivity index (χ4v) is 2.65. The summed E-state index contributed by atoms with van der Waals surface area (Å²) >= 11 is 4.97. The highest BCUT2D eigenvalue weighted by atomic mass is 79.9. The third-order valence-electron chi connectivity index (χ3n) is 2.67. The van der Waals surface area contributed by atoms with Gasteiger partial charge in [0, 0.05) is 22.3 Å². The maximum absolute atomic E-state index is 12.9. The lowest BCUT2D eigenvalue weighted by Crippen LogP contribution is -2.37. The Morgan fingerprint density at radius 2 is 2.24 bits per heavy atom. The molecule has 0 amide bonds. The highest BCUT2D eigenvalue weighted by molar-refractivity contribution is 9.10. The standard InChI is InChI=1S/C12H17BrFNOS/c1-8(12(7-16)17-2)15-6-9-3-4-10(14)5-11(9)13/h3-5,8,12,15-16H,6-7H2,1-2H3. The smallest absolute Gasteiger partial charge is 0.124 e. The van der Waals surface area contributed by atoms with Crippen LogP contribution in [0.1, 0.15) is 12.5 Å². The van der Waals surface area contributed by atoms with E-state index in [-0.39, 0.29) is 23.7 Å². The lowest BCUT2D eigenvalue weighted by Gasteiger charge is -2.21. The van der Waals surface area contributed by atoms with Crippen molar-refractivity contribution in [2.45, 2.75) is 24.8 Å². The first-order valence-electron chi connectivity index (χ1n) is 5.39. The van der Waals surface area contributed by atoms with Gasteiger partial charge in [0.2, 0.25) is 0 Å². The van der Waals surface area contributed by atoms with E-state index in [9.17, 15) is 4.39 Å². The summed E-state index contributed by atoms with van der Waals surface area (Å²) in [6, 6.07) is 4.86. The zero-order valence-electron chi connectivity index (χ0n) is 9.91. The molecule has 2 nitrogen and oxygen atoms in total. The fourth-order valence-electron chi connectivity index (χ4n) is 1.50. The molecule has 0 saturated carbocycles. The first kappa shape index (κ1) is 15.0. The van der Waals surface area contributed by atoms with Crippen LogP contribution in [0.4, 0.5) is 4.39 Å². The molecule has 2 atom stereocenters. The molecule has 0 aromatic heterocycles. The molecule has 2 N–H and O–H groups in total. The second-order valence-corrected chi connectivity index (χ2v) is 5.79. The van der Waals surface area contributed by atoms with Crippen LogP contribution in [0.5, 0.6) is 0 Å². The van der Waals surface area contributed by atoms with Crippen molar-refractivity contribution in [2.24, 2.45) is 0 Å². The monoisotopic (exact) mass is 321 g/mol. The van der Waals surface area contributed by atoms with Crippen molar-refractivity contribution in [3.8, 4) is 0 Å². The molecule has 96 valence electrons. The molecule has 0 aliphatic carbocycles. The van der Waals surface area contributed by atoms with Crippen LogP contribution in [0.2, 0.25) is 0 Å². The number of halogens is 2. The van der Waals surface area contributed by atoms with Crippen LogP contribution in [-0.4, -0.2) is 29.3 Å². The molecule has 1 aromatic carbocycles. The van der Waals surface area contributed by atoms with E-state index in [4.69, 9.17) is 5.11 Å². The summed E-state index contributed by atoms with van der Waals surface area (Å²) in [5.41, 5.74) is 1.01. The molecule has 0 fully saturated rings. The van der Waals surface area contributed by atoms with Gasteiger partial charge in [-0.15, -0.1) is 0 Å². The van der Waals surface area contributed by atoms with Gasteiger partial charge in [-0.3, -0.25) is 0 Å². The quantitative estimate of drug-likeness (QED) is 0.845. The van der Waals surface area contributed by atoms with Gasteiger partial charge < -0.3 is 10.4 Å². The molecule has 0 radical (unpaired) electrons. The van der Waals surface area contributed by atoms with E-state index in [1.165, 1.54) is 12.1 Å². The minimum atomic E-state index is -0.244. The van der Waals surface area contributed by atoms with Gasteiger partial charge in [-0.1, -0.05) is 22.0 Å². The van der Waals surface area contributed by atoms with Crippen LogP contribution >= 0.6 is 27.7 Å². The average molecular weight is 322 g/mol. The molecule has 0 heterocycles. The second kappa shape index (κ2) is 7.36. The highest BCUT2D eigenvalue weighted by Crippen LogP contribution is 2.18. The van der Waals surface area contributed by atoms with E-state index in [0.717, 1.165) is 10.0 Å². The van der Waals surface area contributed by atoms with Crippen molar-refractivity contribution in [1.29, 1.82) is 0 Å². The summed E-state index contributed by atoms with van der Waals surface area (Å²) in [7, 11) is 0. The van der Waals surface area contributed by atoms with Crippen molar-refractivity contribution in [3.63, 3.8) is 0 Å². The third-order valence-corrected chi connectivity index (χ3v) is 4.57. The molecular formula is C12H17BrFNOS. The molecule has 0 saturated heterocycles. The van der Waals surface area contributed by atoms with Gasteiger partial charge in [0.05, 0.1) is 6.61 Å². The van der Waals surface area contributed by atoms with Gasteiger partial charge in [0.15, 0.2) is 0 Å². The Balaban J connectivity index is 2.55. The van der Waals surface area contributed by atoms with Crippen LogP contribution in [0.15, 0.2) is 22.7 Å². The summed E-state index contributed by atoms with van der Waals surface area (Å²) in [6.07, 6.45) is 1.98. The topological polar surface area (TPSA) is 32.3 Å². The molecule has 2 unspecified atom stereocenters. The SMILES string of the molecule is CSC(CO)C(C)NCc1ccc(F)cc1Br. The molecule has 17 heavy (non-hydrogen) atoms. The van der Waals surface area contributed by atoms with E-state index in [1.54, 1.807) is 17.8 Å². The third kappa shape index (κ3) is 4.58. The number of nitrogens with one attached hydrogen (secondary N) is 1. The Morgan fingerprint density at radius 3 is 2.76 bits per heavy atom. The minimum absolute atomic E-state index is 0.153. The zero-order chi connectivity index (χ0) is 12.8. The first-order chi connectivity index (χ1) is 8.08. The molecule has 0 bridgehead atoms. The van der Waals surface area contributed by atoms with Gasteiger partial charge in [0.1, 0.15) is 5.82 Å². The number of hydrogen-bond donors (Lipinski definition) is 2. The molecule has 0 spiro atoms. The average Bonchev–Trinajstić information content (AvgIpc) is 2.29. The van der Waals surface area contributed by atoms with Gasteiger partial charge in [-0.25, -0.2) is 4.39 Å². The Labute approximate surface area is 114 Å². The Hall–Kier alpha value is -0.100. The fraction of sp³-hybridized carbons (Fsp3) is 0.500. The molecule has 0 aliphatic rings. The summed E-state index contributed by atoms with van der Waals surface area (Å²) in [4.78, 5) is 0. The number of aliphatic hydroxyl groups is 1. The number of thioether (sulfide) groups is 1.